The Hall–Kier alpha value is -0.870. The molecule has 1 N–H and O–H groups in total. The third kappa shape index (κ3) is 3.64. The van der Waals surface area contributed by atoms with E-state index in [1.807, 2.05) is 0 Å². The molecule has 1 amide bonds. The molecule has 0 aliphatic carbocycles. The Labute approximate surface area is 100 Å². The van der Waals surface area contributed by atoms with E-state index in [-0.39, 0.29) is 16.9 Å². The predicted octanol–water partition coefficient (Wildman–Crippen LogP) is 3.07. The molecule has 5 heteroatoms. The van der Waals surface area contributed by atoms with Crippen LogP contribution < -0.4 is 5.32 Å². The lowest BCUT2D eigenvalue weighted by Gasteiger charge is -2.04. The molecule has 0 fully saturated rings. The second-order valence-electron chi connectivity index (χ2n) is 2.83. The Balaban J connectivity index is 2.74. The zero-order valence-electron chi connectivity index (χ0n) is 7.69. The highest BCUT2D eigenvalue weighted by atomic mass is 79.9. The number of nitrogens with one attached hydrogen (secondary N) is 1. The van der Waals surface area contributed by atoms with Crippen molar-refractivity contribution in [3.05, 3.63) is 45.7 Å². The van der Waals surface area contributed by atoms with Gasteiger partial charge in [0.25, 0.3) is 5.91 Å². The molecule has 1 aromatic rings. The highest BCUT2D eigenvalue weighted by Gasteiger charge is 2.07. The van der Waals surface area contributed by atoms with Gasteiger partial charge < -0.3 is 5.32 Å². The minimum Gasteiger partial charge on any atom is -0.347 e. The lowest BCUT2D eigenvalue weighted by molar-refractivity contribution is 0.0957. The molecule has 0 radical (unpaired) electrons. The molecule has 1 rings (SSSR count). The first-order valence-electron chi connectivity index (χ1n) is 4.07. The van der Waals surface area contributed by atoms with Gasteiger partial charge in [-0.2, -0.15) is 0 Å². The molecule has 1 aromatic carbocycles. The van der Waals surface area contributed by atoms with E-state index in [4.69, 9.17) is 11.6 Å². The third-order valence-corrected chi connectivity index (χ3v) is 2.36. The van der Waals surface area contributed by atoms with E-state index in [9.17, 15) is 9.18 Å². The number of carbonyl (C=O) groups is 1. The Kier molecular flexibility index (Phi) is 4.29. The van der Waals surface area contributed by atoms with Crippen LogP contribution in [0, 0.1) is 5.82 Å². The van der Waals surface area contributed by atoms with Crippen LogP contribution in [-0.2, 0) is 0 Å². The number of halogens is 3. The van der Waals surface area contributed by atoms with Gasteiger partial charge in [-0.3, -0.25) is 4.79 Å². The van der Waals surface area contributed by atoms with Crippen LogP contribution in [0.3, 0.4) is 0 Å². The van der Waals surface area contributed by atoms with Gasteiger partial charge in [0.2, 0.25) is 0 Å². The minimum atomic E-state index is -0.409. The summed E-state index contributed by atoms with van der Waals surface area (Å²) >= 11 is 8.48. The predicted molar refractivity (Wildman–Crippen MR) is 61.4 cm³/mol. The summed E-state index contributed by atoms with van der Waals surface area (Å²) in [6.45, 7) is 3.62. The molecule has 0 saturated heterocycles. The molecule has 0 aliphatic heterocycles. The second-order valence-corrected chi connectivity index (χ2v) is 4.22. The topological polar surface area (TPSA) is 29.1 Å². The van der Waals surface area contributed by atoms with Gasteiger partial charge in [-0.25, -0.2) is 4.39 Å². The van der Waals surface area contributed by atoms with Crippen molar-refractivity contribution in [3.8, 4) is 0 Å². The molecular weight excluding hydrogens is 284 g/mol. The van der Waals surface area contributed by atoms with Crippen LogP contribution in [0.15, 0.2) is 34.3 Å². The number of rotatable bonds is 3. The summed E-state index contributed by atoms with van der Waals surface area (Å²) in [5.41, 5.74) is 0.362. The van der Waals surface area contributed by atoms with E-state index in [2.05, 4.69) is 27.8 Å². The largest absolute Gasteiger partial charge is 0.347 e. The first kappa shape index (κ1) is 12.2. The van der Waals surface area contributed by atoms with Gasteiger partial charge in [0, 0.05) is 10.6 Å². The number of benzene rings is 1. The van der Waals surface area contributed by atoms with Crippen LogP contribution in [-0.4, -0.2) is 12.5 Å². The monoisotopic (exact) mass is 291 g/mol. The van der Waals surface area contributed by atoms with E-state index in [0.717, 1.165) is 0 Å². The lowest BCUT2D eigenvalue weighted by Crippen LogP contribution is -2.24. The van der Waals surface area contributed by atoms with E-state index in [1.54, 1.807) is 0 Å². The summed E-state index contributed by atoms with van der Waals surface area (Å²) in [6.07, 6.45) is 0. The van der Waals surface area contributed by atoms with E-state index >= 15 is 0 Å². The van der Waals surface area contributed by atoms with Crippen molar-refractivity contribution in [2.45, 2.75) is 0 Å². The average Bonchev–Trinajstić information content (AvgIpc) is 2.18. The van der Waals surface area contributed by atoms with Crippen molar-refractivity contribution in [1.82, 2.24) is 5.32 Å². The van der Waals surface area contributed by atoms with Crippen molar-refractivity contribution >= 4 is 33.4 Å². The van der Waals surface area contributed by atoms with Crippen LogP contribution in [0.1, 0.15) is 10.4 Å². The van der Waals surface area contributed by atoms with Crippen LogP contribution >= 0.6 is 27.5 Å². The van der Waals surface area contributed by atoms with Gasteiger partial charge in [-0.05, 0) is 34.1 Å². The van der Waals surface area contributed by atoms with Crippen molar-refractivity contribution in [3.63, 3.8) is 0 Å². The summed E-state index contributed by atoms with van der Waals surface area (Å²) in [4.78, 5) is 11.5. The van der Waals surface area contributed by atoms with Crippen molar-refractivity contribution in [2.75, 3.05) is 6.54 Å². The summed E-state index contributed by atoms with van der Waals surface area (Å²) < 4.78 is 13.1. The smallest absolute Gasteiger partial charge is 0.251 e. The van der Waals surface area contributed by atoms with Crippen LogP contribution in [0.25, 0.3) is 0 Å². The molecule has 0 heterocycles. The Morgan fingerprint density at radius 1 is 1.60 bits per heavy atom. The first-order chi connectivity index (χ1) is 7.00. The van der Waals surface area contributed by atoms with Crippen molar-refractivity contribution in [2.24, 2.45) is 0 Å². The summed E-state index contributed by atoms with van der Waals surface area (Å²) in [5, 5.41) is 2.87. The van der Waals surface area contributed by atoms with E-state index in [0.29, 0.717) is 10.6 Å². The summed E-state index contributed by atoms with van der Waals surface area (Å²) in [6, 6.07) is 4.02. The Morgan fingerprint density at radius 3 is 2.80 bits per heavy atom. The second kappa shape index (κ2) is 5.28. The van der Waals surface area contributed by atoms with E-state index < -0.39 is 5.82 Å². The fourth-order valence-electron chi connectivity index (χ4n) is 0.916. The third-order valence-electron chi connectivity index (χ3n) is 1.62. The summed E-state index contributed by atoms with van der Waals surface area (Å²) in [5.74, 6) is -0.731. The van der Waals surface area contributed by atoms with Gasteiger partial charge in [-0.1, -0.05) is 18.2 Å². The quantitative estimate of drug-likeness (QED) is 0.911. The van der Waals surface area contributed by atoms with E-state index in [1.165, 1.54) is 18.2 Å². The fraction of sp³-hybridized carbons (Fsp3) is 0.100. The van der Waals surface area contributed by atoms with Crippen LogP contribution in [0.2, 0.25) is 0 Å². The normalized spacial score (nSPS) is 9.80. The molecular formula is C10H8BrClFNO. The Morgan fingerprint density at radius 2 is 2.27 bits per heavy atom. The highest BCUT2D eigenvalue weighted by molar-refractivity contribution is 9.10. The molecule has 80 valence electrons. The van der Waals surface area contributed by atoms with Gasteiger partial charge in [0.15, 0.2) is 0 Å². The zero-order valence-corrected chi connectivity index (χ0v) is 10.0. The standard InChI is InChI=1S/C10H8BrClFNO/c1-6(12)5-14-10(15)7-2-3-9(13)8(11)4-7/h2-4H,1,5H2,(H,14,15). The molecule has 0 aliphatic rings. The Bertz CT molecular complexity index is 408. The maximum absolute atomic E-state index is 12.9. The number of hydrogen-bond acceptors (Lipinski definition) is 1. The maximum atomic E-state index is 12.9. The van der Waals surface area contributed by atoms with Crippen molar-refractivity contribution < 1.29 is 9.18 Å². The molecule has 0 atom stereocenters. The van der Waals surface area contributed by atoms with Crippen LogP contribution in [0.5, 0.6) is 0 Å². The number of amides is 1. The van der Waals surface area contributed by atoms with Gasteiger partial charge in [-0.15, -0.1) is 0 Å². The molecule has 0 bridgehead atoms. The molecule has 15 heavy (non-hydrogen) atoms. The zero-order chi connectivity index (χ0) is 11.4. The maximum Gasteiger partial charge on any atom is 0.251 e. The lowest BCUT2D eigenvalue weighted by atomic mass is 10.2. The molecule has 0 unspecified atom stereocenters. The molecule has 0 aromatic heterocycles. The SMILES string of the molecule is C=C(Cl)CNC(=O)c1ccc(F)c(Br)c1. The minimum absolute atomic E-state index is 0.190. The fourth-order valence-corrected chi connectivity index (χ4v) is 1.36. The average molecular weight is 293 g/mol. The summed E-state index contributed by atoms with van der Waals surface area (Å²) in [7, 11) is 0. The highest BCUT2D eigenvalue weighted by Crippen LogP contribution is 2.16. The first-order valence-corrected chi connectivity index (χ1v) is 5.24. The van der Waals surface area contributed by atoms with Gasteiger partial charge in [0.1, 0.15) is 5.82 Å². The molecule has 0 spiro atoms. The van der Waals surface area contributed by atoms with Crippen molar-refractivity contribution in [1.29, 1.82) is 0 Å². The number of hydrogen-bond donors (Lipinski definition) is 1. The van der Waals surface area contributed by atoms with Gasteiger partial charge >= 0.3 is 0 Å². The number of carbonyl (C=O) groups excluding carboxylic acids is 1. The van der Waals surface area contributed by atoms with Crippen LogP contribution in [0.4, 0.5) is 4.39 Å². The van der Waals surface area contributed by atoms with Gasteiger partial charge in [0.05, 0.1) is 11.0 Å². The molecule has 0 saturated carbocycles. The molecule has 2 nitrogen and oxygen atoms in total.